The fraction of sp³-hybridized carbons (Fsp3) is 0.951. The van der Waals surface area contributed by atoms with Crippen LogP contribution >= 0.6 is 15.6 Å². The molecule has 0 fully saturated rings. The molecular weight excluding hydrogens is 1320 g/mol. The lowest BCUT2D eigenvalue weighted by atomic mass is 9.99. The van der Waals surface area contributed by atoms with E-state index < -0.39 is 97.5 Å². The lowest BCUT2D eigenvalue weighted by Gasteiger charge is -2.21. The zero-order chi connectivity index (χ0) is 74.2. The lowest BCUT2D eigenvalue weighted by molar-refractivity contribution is -0.161. The van der Waals surface area contributed by atoms with Gasteiger partial charge in [-0.05, 0) is 37.5 Å². The van der Waals surface area contributed by atoms with Crippen molar-refractivity contribution in [2.75, 3.05) is 39.6 Å². The molecule has 19 heteroatoms. The van der Waals surface area contributed by atoms with E-state index >= 15 is 0 Å². The average Bonchev–Trinajstić information content (AvgIpc) is 0.980. The van der Waals surface area contributed by atoms with Crippen LogP contribution in [0.25, 0.3) is 0 Å². The highest BCUT2D eigenvalue weighted by molar-refractivity contribution is 7.47. The van der Waals surface area contributed by atoms with Gasteiger partial charge in [0.15, 0.2) is 12.2 Å². The summed E-state index contributed by atoms with van der Waals surface area (Å²) in [5.74, 6) is -0.556. The van der Waals surface area contributed by atoms with Crippen LogP contribution in [0.1, 0.15) is 433 Å². The van der Waals surface area contributed by atoms with Gasteiger partial charge >= 0.3 is 39.5 Å². The van der Waals surface area contributed by atoms with E-state index in [1.54, 1.807) is 0 Å². The van der Waals surface area contributed by atoms with Crippen LogP contribution in [0.5, 0.6) is 0 Å². The average molecular weight is 1480 g/mol. The highest BCUT2D eigenvalue weighted by Crippen LogP contribution is 2.45. The Morgan fingerprint density at radius 3 is 0.752 bits per heavy atom. The Balaban J connectivity index is 5.24. The third-order valence-corrected chi connectivity index (χ3v) is 21.5. The van der Waals surface area contributed by atoms with Crippen molar-refractivity contribution >= 4 is 39.5 Å². The number of esters is 4. The van der Waals surface area contributed by atoms with Gasteiger partial charge in [-0.25, -0.2) is 9.13 Å². The lowest BCUT2D eigenvalue weighted by Crippen LogP contribution is -2.30. The molecule has 600 valence electrons. The highest BCUT2D eigenvalue weighted by atomic mass is 31.2. The maximum atomic E-state index is 13.1. The van der Waals surface area contributed by atoms with E-state index in [1.807, 2.05) is 0 Å². The predicted molar refractivity (Wildman–Crippen MR) is 414 cm³/mol. The summed E-state index contributed by atoms with van der Waals surface area (Å²) in [6, 6.07) is 0. The summed E-state index contributed by atoms with van der Waals surface area (Å²) in [6.45, 7) is 9.65. The van der Waals surface area contributed by atoms with Gasteiger partial charge in [-0.15, -0.1) is 0 Å². The maximum Gasteiger partial charge on any atom is 0.472 e. The topological polar surface area (TPSA) is 237 Å². The maximum absolute atomic E-state index is 13.1. The number of carbonyl (C=O) groups is 4. The molecule has 101 heavy (non-hydrogen) atoms. The van der Waals surface area contributed by atoms with Gasteiger partial charge in [0.25, 0.3) is 0 Å². The molecule has 0 heterocycles. The Labute approximate surface area is 619 Å². The number of unbranched alkanes of at least 4 members (excludes halogenated alkanes) is 50. The molecule has 3 N–H and O–H groups in total. The van der Waals surface area contributed by atoms with Crippen LogP contribution in [0, 0.1) is 11.8 Å². The Bertz CT molecular complexity index is 1940. The van der Waals surface area contributed by atoms with Crippen molar-refractivity contribution in [3.05, 3.63) is 0 Å². The molecule has 0 aromatic rings. The first kappa shape index (κ1) is 99.1. The number of hydrogen-bond donors (Lipinski definition) is 3. The molecule has 0 rings (SSSR count). The summed E-state index contributed by atoms with van der Waals surface area (Å²) in [7, 11) is -9.92. The molecule has 6 atom stereocenters. The van der Waals surface area contributed by atoms with Crippen LogP contribution in [-0.2, 0) is 65.4 Å². The van der Waals surface area contributed by atoms with Gasteiger partial charge in [-0.2, -0.15) is 0 Å². The summed E-state index contributed by atoms with van der Waals surface area (Å²) in [4.78, 5) is 73.1. The summed E-state index contributed by atoms with van der Waals surface area (Å²) in [6.07, 6.45) is 63.8. The molecule has 0 aliphatic rings. The molecule has 0 radical (unpaired) electrons. The van der Waals surface area contributed by atoms with Crippen molar-refractivity contribution < 1.29 is 80.2 Å². The van der Waals surface area contributed by atoms with Crippen LogP contribution in [0.4, 0.5) is 0 Å². The van der Waals surface area contributed by atoms with Crippen molar-refractivity contribution in [1.82, 2.24) is 0 Å². The molecule has 0 spiro atoms. The second-order valence-electron chi connectivity index (χ2n) is 30.2. The molecule has 0 saturated carbocycles. The molecule has 0 aromatic heterocycles. The van der Waals surface area contributed by atoms with Crippen molar-refractivity contribution in [3.63, 3.8) is 0 Å². The Morgan fingerprint density at radius 2 is 0.505 bits per heavy atom. The Hall–Kier alpha value is -1.94. The SMILES string of the molecule is CCCCCCCCCCCCCCCCCCCC(=O)OC[C@H](COP(=O)(O)OC[C@@H](O)COP(=O)(O)OC[C@@H](COC(=O)CCCCCCCCCC(C)C)OC(=O)CCCCCCCCCCCCCCCCCC)OC(=O)CCCCCCCCCCCCCCCCC(C)CC. The van der Waals surface area contributed by atoms with E-state index in [-0.39, 0.29) is 25.7 Å². The third-order valence-electron chi connectivity index (χ3n) is 19.6. The zero-order valence-corrected chi connectivity index (χ0v) is 68.0. The summed E-state index contributed by atoms with van der Waals surface area (Å²) >= 11 is 0. The molecule has 0 saturated heterocycles. The first-order valence-electron chi connectivity index (χ1n) is 42.5. The quantitative estimate of drug-likeness (QED) is 0.0222. The second kappa shape index (κ2) is 73.6. The summed E-state index contributed by atoms with van der Waals surface area (Å²) in [5.41, 5.74) is 0. The van der Waals surface area contributed by atoms with E-state index in [4.69, 9.17) is 37.0 Å². The van der Waals surface area contributed by atoms with Crippen LogP contribution in [0.15, 0.2) is 0 Å². The molecule has 0 bridgehead atoms. The number of hydrogen-bond acceptors (Lipinski definition) is 15. The molecule has 3 unspecified atom stereocenters. The minimum absolute atomic E-state index is 0.108. The zero-order valence-electron chi connectivity index (χ0n) is 66.2. The van der Waals surface area contributed by atoms with Gasteiger partial charge in [-0.1, -0.05) is 382 Å². The van der Waals surface area contributed by atoms with E-state index in [2.05, 4.69) is 41.5 Å². The minimum atomic E-state index is -4.96. The number of phosphoric ester groups is 2. The van der Waals surface area contributed by atoms with Crippen LogP contribution in [0.2, 0.25) is 0 Å². The number of rotatable bonds is 81. The normalized spacial score (nSPS) is 14.2. The van der Waals surface area contributed by atoms with Gasteiger partial charge in [0.1, 0.15) is 19.3 Å². The standard InChI is InChI=1S/C82H160O17P2/c1-7-10-12-14-16-18-20-22-24-26-28-32-36-40-46-52-58-64-79(84)92-70-77(98-81(86)67-61-55-48-42-38-34-30-29-31-35-39-45-51-57-63-75(6)9-3)72-96-100(88,89)94-68-76(83)69-95-101(90,91)97-73-78(71-93-80(85)65-59-53-49-43-44-50-56-62-74(4)5)99-82(87)66-60-54-47-41-37-33-27-25-23-21-19-17-15-13-11-8-2/h74-78,83H,7-73H2,1-6H3,(H,88,89)(H,90,91)/t75?,76-,77-,78-/m1/s1. The number of carbonyl (C=O) groups excluding carboxylic acids is 4. The van der Waals surface area contributed by atoms with Crippen molar-refractivity contribution in [2.24, 2.45) is 11.8 Å². The molecule has 0 aromatic carbocycles. The predicted octanol–water partition coefficient (Wildman–Crippen LogP) is 24.7. The van der Waals surface area contributed by atoms with E-state index in [1.165, 1.54) is 244 Å². The van der Waals surface area contributed by atoms with Crippen LogP contribution in [-0.4, -0.2) is 96.7 Å². The molecule has 17 nitrogen and oxygen atoms in total. The van der Waals surface area contributed by atoms with Gasteiger partial charge in [-0.3, -0.25) is 37.3 Å². The van der Waals surface area contributed by atoms with E-state index in [0.29, 0.717) is 31.6 Å². The first-order chi connectivity index (χ1) is 48.9. The van der Waals surface area contributed by atoms with Crippen molar-refractivity contribution in [1.29, 1.82) is 0 Å². The van der Waals surface area contributed by atoms with Gasteiger partial charge in [0.05, 0.1) is 26.4 Å². The summed E-state index contributed by atoms with van der Waals surface area (Å²) in [5, 5.41) is 10.7. The van der Waals surface area contributed by atoms with E-state index in [0.717, 1.165) is 102 Å². The van der Waals surface area contributed by atoms with E-state index in [9.17, 15) is 43.2 Å². The third kappa shape index (κ3) is 74.7. The van der Waals surface area contributed by atoms with Crippen LogP contribution < -0.4 is 0 Å². The number of aliphatic hydroxyl groups is 1. The van der Waals surface area contributed by atoms with Crippen molar-refractivity contribution in [3.8, 4) is 0 Å². The van der Waals surface area contributed by atoms with Gasteiger partial charge in [0, 0.05) is 25.7 Å². The first-order valence-corrected chi connectivity index (χ1v) is 45.5. The number of aliphatic hydroxyl groups excluding tert-OH is 1. The second-order valence-corrected chi connectivity index (χ2v) is 33.1. The monoisotopic (exact) mass is 1480 g/mol. The minimum Gasteiger partial charge on any atom is -0.462 e. The summed E-state index contributed by atoms with van der Waals surface area (Å²) < 4.78 is 68.8. The smallest absolute Gasteiger partial charge is 0.462 e. The highest BCUT2D eigenvalue weighted by Gasteiger charge is 2.30. The molecule has 0 aliphatic carbocycles. The fourth-order valence-corrected chi connectivity index (χ4v) is 14.3. The van der Waals surface area contributed by atoms with Gasteiger partial charge < -0.3 is 33.8 Å². The number of ether oxygens (including phenoxy) is 4. The Morgan fingerprint density at radius 1 is 0.287 bits per heavy atom. The molecule has 0 amide bonds. The Kier molecular flexibility index (Phi) is 72.2. The largest absolute Gasteiger partial charge is 0.472 e. The fourth-order valence-electron chi connectivity index (χ4n) is 12.7. The van der Waals surface area contributed by atoms with Crippen LogP contribution in [0.3, 0.4) is 0 Å². The van der Waals surface area contributed by atoms with Crippen molar-refractivity contribution in [2.45, 2.75) is 452 Å². The number of phosphoric acid groups is 2. The molecule has 0 aliphatic heterocycles. The molecular formula is C82H160O17P2. The van der Waals surface area contributed by atoms with Gasteiger partial charge in [0.2, 0.25) is 0 Å².